The largest absolute Gasteiger partial charge is 0.471 e. The van der Waals surface area contributed by atoms with E-state index < -0.39 is 23.3 Å². The molecule has 0 radical (unpaired) electrons. The number of halogens is 3. The average Bonchev–Trinajstić information content (AvgIpc) is 2.95. The van der Waals surface area contributed by atoms with Crippen LogP contribution in [-0.4, -0.2) is 23.5 Å². The summed E-state index contributed by atoms with van der Waals surface area (Å²) in [7, 11) is 1.50. The Kier molecular flexibility index (Phi) is 8.73. The number of nitrogens with zero attached hydrogens (tertiary/aromatic N) is 2. The minimum atomic E-state index is -0.917. The van der Waals surface area contributed by atoms with Crippen LogP contribution in [0, 0.1) is 35.2 Å². The van der Waals surface area contributed by atoms with Gasteiger partial charge in [0, 0.05) is 17.0 Å². The van der Waals surface area contributed by atoms with Gasteiger partial charge in [0.05, 0.1) is 18.6 Å². The van der Waals surface area contributed by atoms with Gasteiger partial charge in [-0.25, -0.2) is 23.1 Å². The molecule has 3 fully saturated rings. The van der Waals surface area contributed by atoms with Gasteiger partial charge in [-0.3, -0.25) is 4.79 Å². The molecule has 6 rings (SSSR count). The zero-order valence-corrected chi connectivity index (χ0v) is 19.8. The number of methoxy groups -OCH3 is 1. The zero-order valence-electron chi connectivity index (χ0n) is 18.8. The maximum atomic E-state index is 13.8. The van der Waals surface area contributed by atoms with Crippen molar-refractivity contribution in [2.24, 2.45) is 17.8 Å². The first-order chi connectivity index (χ1) is 15.8. The molecule has 3 aliphatic carbocycles. The Morgan fingerprint density at radius 2 is 1.91 bits per heavy atom. The van der Waals surface area contributed by atoms with Gasteiger partial charge in [-0.05, 0) is 42.5 Å². The van der Waals surface area contributed by atoms with Gasteiger partial charge in [0.1, 0.15) is 11.5 Å². The second-order valence-corrected chi connectivity index (χ2v) is 9.67. The van der Waals surface area contributed by atoms with Crippen LogP contribution in [0.2, 0.25) is 0 Å². The molecule has 0 spiro atoms. The summed E-state index contributed by atoms with van der Waals surface area (Å²) in [5, 5.41) is 1.12. The topological polar surface area (TPSA) is 78.1 Å². The maximum Gasteiger partial charge on any atom is 0.292 e. The first kappa shape index (κ1) is 25.0. The molecule has 2 N–H and O–H groups in total. The molecule has 33 heavy (non-hydrogen) atoms. The molecule has 3 saturated carbocycles. The molecule has 178 valence electrons. The Bertz CT molecular complexity index is 1090. The standard InChI is InChI=1S/C12H7F3N3P.C10H18.C2H4O2/c13-5-1-6-7(4-19-12(6)17-3-5)10-8(14)2-9(15)11(16)18-10;1-8-7-9-3-2-4-10(8)6-5-9;1-4-2-3/h1-4,19H,(H2,16,18);8-10H,2-7H2,1H3;2H,1H3/t;8-,9?,10?;/m.0./s1. The van der Waals surface area contributed by atoms with Crippen LogP contribution in [0.3, 0.4) is 0 Å². The number of rotatable bonds is 2. The van der Waals surface area contributed by atoms with Crippen LogP contribution in [0.1, 0.15) is 45.4 Å². The molecular formula is C24H29F3N3O2P. The van der Waals surface area contributed by atoms with E-state index >= 15 is 0 Å². The van der Waals surface area contributed by atoms with Crippen LogP contribution in [-0.2, 0) is 9.53 Å². The van der Waals surface area contributed by atoms with E-state index in [0.717, 1.165) is 24.0 Å². The molecule has 0 aromatic carbocycles. The molecule has 5 nitrogen and oxygen atoms in total. The monoisotopic (exact) mass is 479 g/mol. The van der Waals surface area contributed by atoms with Gasteiger partial charge in [0.25, 0.3) is 6.47 Å². The number of fused-ring (bicyclic) bond motifs is 5. The Morgan fingerprint density at radius 1 is 1.15 bits per heavy atom. The quantitative estimate of drug-likeness (QED) is 0.434. The number of nitrogen functional groups attached to an aromatic ring is 1. The molecule has 4 atom stereocenters. The number of aromatic nitrogens is 2. The first-order valence-corrected chi connectivity index (χ1v) is 12.1. The molecule has 3 aromatic heterocycles. The van der Waals surface area contributed by atoms with Crippen molar-refractivity contribution in [2.45, 2.75) is 45.4 Å². The van der Waals surface area contributed by atoms with Crippen molar-refractivity contribution in [3.63, 3.8) is 0 Å². The van der Waals surface area contributed by atoms with Crippen molar-refractivity contribution < 1.29 is 22.7 Å². The lowest BCUT2D eigenvalue weighted by atomic mass is 9.77. The van der Waals surface area contributed by atoms with E-state index in [2.05, 4.69) is 21.6 Å². The van der Waals surface area contributed by atoms with Gasteiger partial charge in [0.2, 0.25) is 0 Å². The summed E-state index contributed by atoms with van der Waals surface area (Å²) in [6.45, 7) is 2.84. The molecule has 3 aromatic rings. The molecule has 0 amide bonds. The third-order valence-corrected chi connectivity index (χ3v) is 7.55. The highest BCUT2D eigenvalue weighted by Crippen LogP contribution is 2.42. The summed E-state index contributed by atoms with van der Waals surface area (Å²) in [5.74, 6) is 2.32. The van der Waals surface area contributed by atoms with Crippen LogP contribution in [0.25, 0.3) is 21.9 Å². The first-order valence-electron chi connectivity index (χ1n) is 11.0. The number of pyridine rings is 2. The highest BCUT2D eigenvalue weighted by atomic mass is 31.0. The highest BCUT2D eigenvalue weighted by Gasteiger charge is 2.30. The average molecular weight is 479 g/mol. The second-order valence-electron chi connectivity index (χ2n) is 8.62. The predicted octanol–water partition coefficient (Wildman–Crippen LogP) is 6.34. The van der Waals surface area contributed by atoms with Crippen LogP contribution >= 0.6 is 8.19 Å². The van der Waals surface area contributed by atoms with Crippen molar-refractivity contribution in [3.05, 3.63) is 41.6 Å². The van der Waals surface area contributed by atoms with Gasteiger partial charge in [-0.1, -0.05) is 32.6 Å². The lowest BCUT2D eigenvalue weighted by Crippen LogP contribution is -2.18. The Hall–Kier alpha value is -2.60. The SMILES string of the molecule is COC=O.C[C@H]1CC2CCCC1CC2.Nc1nc(-c2c[pH]c3ncc(F)cc23)c(F)cc1F. The van der Waals surface area contributed by atoms with Gasteiger partial charge in [-0.15, -0.1) is 8.19 Å². The summed E-state index contributed by atoms with van der Waals surface area (Å²) in [6.07, 6.45) is 10.4. The Balaban J connectivity index is 0.000000182. The lowest BCUT2D eigenvalue weighted by molar-refractivity contribution is -0.126. The molecule has 9 heteroatoms. The van der Waals surface area contributed by atoms with Crippen LogP contribution in [0.4, 0.5) is 19.0 Å². The number of carbonyl (C=O) groups excluding carboxylic acids is 1. The number of carbonyl (C=O) groups is 1. The van der Waals surface area contributed by atoms with Crippen LogP contribution in [0.15, 0.2) is 24.1 Å². The summed E-state index contributed by atoms with van der Waals surface area (Å²) < 4.78 is 43.9. The van der Waals surface area contributed by atoms with Gasteiger partial charge >= 0.3 is 0 Å². The summed E-state index contributed by atoms with van der Waals surface area (Å²) >= 11 is 0. The smallest absolute Gasteiger partial charge is 0.292 e. The van der Waals surface area contributed by atoms with E-state index in [1.807, 2.05) is 0 Å². The van der Waals surface area contributed by atoms with Crippen molar-refractivity contribution in [2.75, 3.05) is 12.8 Å². The van der Waals surface area contributed by atoms with E-state index in [9.17, 15) is 13.2 Å². The molecule has 3 unspecified atom stereocenters. The minimum absolute atomic E-state index is 0.0856. The zero-order chi connectivity index (χ0) is 24.0. The minimum Gasteiger partial charge on any atom is -0.471 e. The second kappa shape index (κ2) is 11.5. The van der Waals surface area contributed by atoms with Crippen LogP contribution < -0.4 is 5.73 Å². The van der Waals surface area contributed by atoms with Crippen molar-refractivity contribution >= 4 is 31.1 Å². The fraction of sp³-hybridized carbons (Fsp3) is 0.458. The summed E-state index contributed by atoms with van der Waals surface area (Å²) in [6, 6.07) is 1.93. The normalized spacial score (nSPS) is 21.5. The predicted molar refractivity (Wildman–Crippen MR) is 126 cm³/mol. The molecule has 3 aliphatic rings. The third-order valence-electron chi connectivity index (χ3n) is 6.45. The van der Waals surface area contributed by atoms with E-state index in [4.69, 9.17) is 10.5 Å². The summed E-state index contributed by atoms with van der Waals surface area (Å²) in [4.78, 5) is 16.6. The van der Waals surface area contributed by atoms with Crippen molar-refractivity contribution in [1.82, 2.24) is 9.97 Å². The summed E-state index contributed by atoms with van der Waals surface area (Å²) in [5.41, 5.74) is 5.65. The maximum absolute atomic E-state index is 13.8. The molecule has 0 aliphatic heterocycles. The van der Waals surface area contributed by atoms with Crippen molar-refractivity contribution in [1.29, 1.82) is 0 Å². The van der Waals surface area contributed by atoms with E-state index in [-0.39, 0.29) is 13.9 Å². The third kappa shape index (κ3) is 6.26. The van der Waals surface area contributed by atoms with E-state index in [0.29, 0.717) is 28.7 Å². The van der Waals surface area contributed by atoms with Gasteiger partial charge in [-0.2, -0.15) is 0 Å². The molecular weight excluding hydrogens is 450 g/mol. The van der Waals surface area contributed by atoms with Crippen LogP contribution in [0.5, 0.6) is 0 Å². The fourth-order valence-electron chi connectivity index (χ4n) is 4.77. The number of hydrogen-bond acceptors (Lipinski definition) is 5. The van der Waals surface area contributed by atoms with E-state index in [1.54, 1.807) is 31.5 Å². The number of nitrogens with two attached hydrogens (primary N) is 1. The number of hydrogen-bond donors (Lipinski definition) is 1. The van der Waals surface area contributed by atoms with Gasteiger partial charge in [0.15, 0.2) is 17.5 Å². The Morgan fingerprint density at radius 3 is 2.61 bits per heavy atom. The lowest BCUT2D eigenvalue weighted by Gasteiger charge is -2.29. The van der Waals surface area contributed by atoms with Gasteiger partial charge < -0.3 is 10.5 Å². The fourth-order valence-corrected chi connectivity index (χ4v) is 5.85. The Labute approximate surface area is 193 Å². The molecule has 2 bridgehead atoms. The molecule has 3 heterocycles. The number of anilines is 1. The molecule has 0 saturated heterocycles. The van der Waals surface area contributed by atoms with E-state index in [1.165, 1.54) is 26.0 Å². The number of ether oxygens (including phenoxy) is 1. The van der Waals surface area contributed by atoms with Crippen molar-refractivity contribution in [3.8, 4) is 11.3 Å². The highest BCUT2D eigenvalue weighted by molar-refractivity contribution is 7.36.